The molecule has 0 aliphatic carbocycles. The summed E-state index contributed by atoms with van der Waals surface area (Å²) in [6, 6.07) is 6.17. The highest BCUT2D eigenvalue weighted by molar-refractivity contribution is 5.29. The van der Waals surface area contributed by atoms with E-state index in [9.17, 15) is 5.11 Å². The topological polar surface area (TPSA) is 38.0 Å². The molecule has 0 fully saturated rings. The van der Waals surface area contributed by atoms with Crippen LogP contribution in [0.2, 0.25) is 0 Å². The first-order valence-corrected chi connectivity index (χ1v) is 5.80. The Balaban J connectivity index is 2.20. The highest BCUT2D eigenvalue weighted by Crippen LogP contribution is 2.19. The molecule has 0 aliphatic heterocycles. The second-order valence-corrected chi connectivity index (χ2v) is 4.56. The van der Waals surface area contributed by atoms with Crippen LogP contribution in [0.4, 0.5) is 0 Å². The summed E-state index contributed by atoms with van der Waals surface area (Å²) in [6.07, 6.45) is 3.16. The number of aryl methyl sites for hydroxylation is 3. The number of nitrogens with zero attached hydrogens (tertiary/aromatic N) is 2. The standard InChI is InChI=1S/C14H18N2O/c1-10-6-11(2)8-13(7-10)14(17)9-16-5-4-15-12(16)3/h4-8,14,17H,9H2,1-3H3. The lowest BCUT2D eigenvalue weighted by molar-refractivity contribution is 0.155. The Morgan fingerprint density at radius 2 is 1.82 bits per heavy atom. The number of imidazole rings is 1. The zero-order chi connectivity index (χ0) is 12.4. The molecule has 0 radical (unpaired) electrons. The molecule has 2 rings (SSSR count). The van der Waals surface area contributed by atoms with Gasteiger partial charge in [-0.05, 0) is 26.3 Å². The van der Waals surface area contributed by atoms with Gasteiger partial charge in [0.05, 0.1) is 12.6 Å². The highest BCUT2D eigenvalue weighted by atomic mass is 16.3. The zero-order valence-electron chi connectivity index (χ0n) is 10.5. The molecule has 0 saturated carbocycles. The molecule has 0 amide bonds. The number of hydrogen-bond donors (Lipinski definition) is 1. The molecule has 90 valence electrons. The minimum absolute atomic E-state index is 0.485. The van der Waals surface area contributed by atoms with Crippen molar-refractivity contribution in [1.29, 1.82) is 0 Å². The van der Waals surface area contributed by atoms with E-state index in [0.717, 1.165) is 11.4 Å². The number of rotatable bonds is 3. The molecular weight excluding hydrogens is 212 g/mol. The predicted octanol–water partition coefficient (Wildman–Crippen LogP) is 2.54. The third kappa shape index (κ3) is 2.74. The van der Waals surface area contributed by atoms with Crippen molar-refractivity contribution in [2.24, 2.45) is 0 Å². The molecule has 1 atom stereocenters. The lowest BCUT2D eigenvalue weighted by Crippen LogP contribution is -2.09. The SMILES string of the molecule is Cc1cc(C)cc(C(O)Cn2ccnc2C)c1. The van der Waals surface area contributed by atoms with Crippen LogP contribution in [0.25, 0.3) is 0 Å². The van der Waals surface area contributed by atoms with Gasteiger partial charge in [0.25, 0.3) is 0 Å². The summed E-state index contributed by atoms with van der Waals surface area (Å²) in [6.45, 7) is 6.58. The van der Waals surface area contributed by atoms with Gasteiger partial charge >= 0.3 is 0 Å². The lowest BCUT2D eigenvalue weighted by Gasteiger charge is -2.14. The summed E-state index contributed by atoms with van der Waals surface area (Å²) in [5, 5.41) is 10.2. The Morgan fingerprint density at radius 1 is 1.18 bits per heavy atom. The third-order valence-electron chi connectivity index (χ3n) is 2.92. The van der Waals surface area contributed by atoms with Crippen LogP contribution in [0.1, 0.15) is 28.6 Å². The fourth-order valence-electron chi connectivity index (χ4n) is 2.09. The maximum absolute atomic E-state index is 10.2. The second kappa shape index (κ2) is 4.72. The van der Waals surface area contributed by atoms with Crippen LogP contribution in [-0.2, 0) is 6.54 Å². The van der Waals surface area contributed by atoms with E-state index >= 15 is 0 Å². The van der Waals surface area contributed by atoms with Gasteiger partial charge in [0.1, 0.15) is 5.82 Å². The van der Waals surface area contributed by atoms with Gasteiger partial charge in [0, 0.05) is 12.4 Å². The summed E-state index contributed by atoms with van der Waals surface area (Å²) >= 11 is 0. The molecule has 3 heteroatoms. The first-order chi connectivity index (χ1) is 8.06. The molecule has 17 heavy (non-hydrogen) atoms. The van der Waals surface area contributed by atoms with Crippen molar-refractivity contribution in [3.05, 3.63) is 53.1 Å². The highest BCUT2D eigenvalue weighted by Gasteiger charge is 2.10. The molecule has 3 nitrogen and oxygen atoms in total. The first kappa shape index (κ1) is 11.9. The second-order valence-electron chi connectivity index (χ2n) is 4.56. The fraction of sp³-hybridized carbons (Fsp3) is 0.357. The van der Waals surface area contributed by atoms with Crippen molar-refractivity contribution in [2.75, 3.05) is 0 Å². The van der Waals surface area contributed by atoms with E-state index in [1.54, 1.807) is 6.20 Å². The fourth-order valence-corrected chi connectivity index (χ4v) is 2.09. The molecule has 0 spiro atoms. The van der Waals surface area contributed by atoms with E-state index in [1.807, 2.05) is 43.7 Å². The largest absolute Gasteiger partial charge is 0.387 e. The minimum Gasteiger partial charge on any atom is -0.387 e. The number of aliphatic hydroxyl groups is 1. The van der Waals surface area contributed by atoms with Crippen LogP contribution >= 0.6 is 0 Å². The third-order valence-corrected chi connectivity index (χ3v) is 2.92. The van der Waals surface area contributed by atoms with Crippen LogP contribution < -0.4 is 0 Å². The Bertz CT molecular complexity index is 496. The van der Waals surface area contributed by atoms with E-state index < -0.39 is 6.10 Å². The van der Waals surface area contributed by atoms with Crippen LogP contribution in [0.5, 0.6) is 0 Å². The average molecular weight is 230 g/mol. The van der Waals surface area contributed by atoms with Crippen molar-refractivity contribution >= 4 is 0 Å². The summed E-state index contributed by atoms with van der Waals surface area (Å²) in [5.41, 5.74) is 3.33. The number of aliphatic hydroxyl groups excluding tert-OH is 1. The van der Waals surface area contributed by atoms with Crippen molar-refractivity contribution in [1.82, 2.24) is 9.55 Å². The molecule has 0 saturated heterocycles. The van der Waals surface area contributed by atoms with Gasteiger partial charge in [0.15, 0.2) is 0 Å². The van der Waals surface area contributed by atoms with Gasteiger partial charge in [0.2, 0.25) is 0 Å². The average Bonchev–Trinajstić information content (AvgIpc) is 2.63. The smallest absolute Gasteiger partial charge is 0.105 e. The molecule has 1 aromatic heterocycles. The number of hydrogen-bond acceptors (Lipinski definition) is 2. The number of benzene rings is 1. The Kier molecular flexibility index (Phi) is 3.29. The summed E-state index contributed by atoms with van der Waals surface area (Å²) in [7, 11) is 0. The normalized spacial score (nSPS) is 12.7. The van der Waals surface area contributed by atoms with Crippen LogP contribution in [0.3, 0.4) is 0 Å². The van der Waals surface area contributed by atoms with Crippen LogP contribution in [0, 0.1) is 20.8 Å². The molecule has 1 aromatic carbocycles. The molecule has 1 heterocycles. The lowest BCUT2D eigenvalue weighted by atomic mass is 10.0. The monoisotopic (exact) mass is 230 g/mol. The molecular formula is C14H18N2O. The van der Waals surface area contributed by atoms with E-state index in [1.165, 1.54) is 11.1 Å². The molecule has 2 aromatic rings. The van der Waals surface area contributed by atoms with Gasteiger partial charge < -0.3 is 9.67 Å². The zero-order valence-corrected chi connectivity index (χ0v) is 10.5. The quantitative estimate of drug-likeness (QED) is 0.880. The Morgan fingerprint density at radius 3 is 2.35 bits per heavy atom. The maximum atomic E-state index is 10.2. The molecule has 1 N–H and O–H groups in total. The van der Waals surface area contributed by atoms with Crippen molar-refractivity contribution in [2.45, 2.75) is 33.4 Å². The van der Waals surface area contributed by atoms with E-state index in [0.29, 0.717) is 6.54 Å². The van der Waals surface area contributed by atoms with Crippen molar-refractivity contribution in [3.8, 4) is 0 Å². The van der Waals surface area contributed by atoms with Crippen LogP contribution in [-0.4, -0.2) is 14.7 Å². The summed E-state index contributed by atoms with van der Waals surface area (Å²) < 4.78 is 1.96. The molecule has 1 unspecified atom stereocenters. The number of aromatic nitrogens is 2. The van der Waals surface area contributed by atoms with E-state index in [2.05, 4.69) is 11.1 Å². The predicted molar refractivity (Wildman–Crippen MR) is 67.8 cm³/mol. The van der Waals surface area contributed by atoms with Gasteiger partial charge in [-0.15, -0.1) is 0 Å². The Labute approximate surface area is 102 Å². The van der Waals surface area contributed by atoms with Crippen molar-refractivity contribution in [3.63, 3.8) is 0 Å². The van der Waals surface area contributed by atoms with Gasteiger partial charge in [-0.2, -0.15) is 0 Å². The molecule has 0 bridgehead atoms. The first-order valence-electron chi connectivity index (χ1n) is 5.80. The van der Waals surface area contributed by atoms with Gasteiger partial charge in [-0.3, -0.25) is 0 Å². The van der Waals surface area contributed by atoms with Gasteiger partial charge in [-0.25, -0.2) is 4.98 Å². The Hall–Kier alpha value is -1.61. The summed E-state index contributed by atoms with van der Waals surface area (Å²) in [4.78, 5) is 4.15. The minimum atomic E-state index is -0.485. The van der Waals surface area contributed by atoms with Crippen LogP contribution in [0.15, 0.2) is 30.6 Å². The maximum Gasteiger partial charge on any atom is 0.105 e. The van der Waals surface area contributed by atoms with E-state index in [4.69, 9.17) is 0 Å². The van der Waals surface area contributed by atoms with Crippen molar-refractivity contribution < 1.29 is 5.11 Å². The molecule has 0 aliphatic rings. The van der Waals surface area contributed by atoms with Gasteiger partial charge in [-0.1, -0.05) is 29.3 Å². The summed E-state index contributed by atoms with van der Waals surface area (Å²) in [5.74, 6) is 0.924. The van der Waals surface area contributed by atoms with E-state index in [-0.39, 0.29) is 0 Å².